The molecule has 31 heavy (non-hydrogen) atoms. The average molecular weight is 429 g/mol. The number of ether oxygens (including phenoxy) is 3. The Morgan fingerprint density at radius 1 is 0.935 bits per heavy atom. The molecule has 5 heteroatoms. The van der Waals surface area contributed by atoms with Crippen LogP contribution in [0.2, 0.25) is 0 Å². The molecule has 0 aromatic heterocycles. The van der Waals surface area contributed by atoms with Crippen molar-refractivity contribution in [2.45, 2.75) is 57.7 Å². The van der Waals surface area contributed by atoms with Crippen molar-refractivity contribution in [2.24, 2.45) is 5.92 Å². The highest BCUT2D eigenvalue weighted by Crippen LogP contribution is 2.18. The van der Waals surface area contributed by atoms with Gasteiger partial charge in [0.25, 0.3) is 0 Å². The molecular formula is C26H36O5. The second-order valence-electron chi connectivity index (χ2n) is 7.98. The van der Waals surface area contributed by atoms with Crippen LogP contribution >= 0.6 is 0 Å². The highest BCUT2D eigenvalue weighted by Gasteiger charge is 2.21. The van der Waals surface area contributed by atoms with Gasteiger partial charge in [0.1, 0.15) is 5.75 Å². The van der Waals surface area contributed by atoms with Gasteiger partial charge in [0.05, 0.1) is 45.2 Å². The maximum absolute atomic E-state index is 10.5. The van der Waals surface area contributed by atoms with E-state index in [1.54, 1.807) is 13.2 Å². The molecule has 0 unspecified atom stereocenters. The van der Waals surface area contributed by atoms with Gasteiger partial charge in [-0.25, -0.2) is 0 Å². The zero-order chi connectivity index (χ0) is 22.5. The van der Waals surface area contributed by atoms with Crippen LogP contribution in [0.5, 0.6) is 5.75 Å². The predicted molar refractivity (Wildman–Crippen MR) is 123 cm³/mol. The second-order valence-corrected chi connectivity index (χ2v) is 7.98. The summed E-state index contributed by atoms with van der Waals surface area (Å²) < 4.78 is 16.9. The van der Waals surface area contributed by atoms with Crippen molar-refractivity contribution < 1.29 is 24.4 Å². The van der Waals surface area contributed by atoms with Gasteiger partial charge in [0.15, 0.2) is 0 Å². The van der Waals surface area contributed by atoms with Crippen molar-refractivity contribution in [3.8, 4) is 5.75 Å². The number of methoxy groups -OCH3 is 1. The van der Waals surface area contributed by atoms with Crippen LogP contribution in [0.25, 0.3) is 0 Å². The van der Waals surface area contributed by atoms with Crippen LogP contribution in [0.3, 0.4) is 0 Å². The zero-order valence-corrected chi connectivity index (χ0v) is 18.7. The van der Waals surface area contributed by atoms with Crippen LogP contribution in [0, 0.1) is 5.92 Å². The first-order chi connectivity index (χ1) is 15.0. The normalized spacial score (nSPS) is 15.1. The molecular weight excluding hydrogens is 392 g/mol. The average Bonchev–Trinajstić information content (AvgIpc) is 2.78. The Balaban J connectivity index is 1.71. The maximum Gasteiger partial charge on any atom is 0.118 e. The Bertz CT molecular complexity index is 731. The third-order valence-corrected chi connectivity index (χ3v) is 5.27. The minimum absolute atomic E-state index is 0.0870. The van der Waals surface area contributed by atoms with Crippen molar-refractivity contribution in [1.29, 1.82) is 0 Å². The molecule has 5 nitrogen and oxygen atoms in total. The van der Waals surface area contributed by atoms with E-state index in [0.29, 0.717) is 32.7 Å². The van der Waals surface area contributed by atoms with Crippen LogP contribution in [0.1, 0.15) is 37.3 Å². The number of hydrogen-bond acceptors (Lipinski definition) is 5. The molecule has 0 aliphatic carbocycles. The Labute approximate surface area is 186 Å². The number of benzene rings is 2. The van der Waals surface area contributed by atoms with Crippen LogP contribution in [-0.2, 0) is 22.7 Å². The monoisotopic (exact) mass is 428 g/mol. The van der Waals surface area contributed by atoms with Crippen LogP contribution in [0.4, 0.5) is 0 Å². The Morgan fingerprint density at radius 3 is 2.26 bits per heavy atom. The van der Waals surface area contributed by atoms with Gasteiger partial charge in [0.2, 0.25) is 0 Å². The first-order valence-electron chi connectivity index (χ1n) is 10.8. The molecule has 0 radical (unpaired) electrons. The number of aliphatic hydroxyl groups is 2. The number of hydrogen-bond donors (Lipinski definition) is 2. The van der Waals surface area contributed by atoms with Crippen molar-refractivity contribution in [3.05, 3.63) is 78.4 Å². The van der Waals surface area contributed by atoms with E-state index in [1.165, 1.54) is 0 Å². The molecule has 0 fully saturated rings. The summed E-state index contributed by atoms with van der Waals surface area (Å²) in [6.45, 7) is 7.09. The van der Waals surface area contributed by atoms with Crippen LogP contribution < -0.4 is 4.74 Å². The lowest BCUT2D eigenvalue weighted by Crippen LogP contribution is -2.29. The van der Waals surface area contributed by atoms with E-state index in [-0.39, 0.29) is 18.4 Å². The lowest BCUT2D eigenvalue weighted by atomic mass is 9.96. The van der Waals surface area contributed by atoms with E-state index in [2.05, 4.69) is 6.58 Å². The van der Waals surface area contributed by atoms with Crippen molar-refractivity contribution in [1.82, 2.24) is 0 Å². The van der Waals surface area contributed by atoms with Crippen LogP contribution in [0.15, 0.2) is 67.3 Å². The lowest BCUT2D eigenvalue weighted by Gasteiger charge is -2.24. The van der Waals surface area contributed by atoms with Gasteiger partial charge in [-0.3, -0.25) is 0 Å². The van der Waals surface area contributed by atoms with Gasteiger partial charge in [-0.15, -0.1) is 6.58 Å². The molecule has 0 saturated carbocycles. The van der Waals surface area contributed by atoms with Crippen molar-refractivity contribution >= 4 is 0 Å². The molecule has 2 N–H and O–H groups in total. The zero-order valence-electron chi connectivity index (χ0n) is 18.7. The summed E-state index contributed by atoms with van der Waals surface area (Å²) in [5.74, 6) is 0.722. The summed E-state index contributed by atoms with van der Waals surface area (Å²) in [5.41, 5.74) is 2.14. The lowest BCUT2D eigenvalue weighted by molar-refractivity contribution is -0.0254. The molecule has 4 atom stereocenters. The third-order valence-electron chi connectivity index (χ3n) is 5.27. The van der Waals surface area contributed by atoms with E-state index < -0.39 is 12.2 Å². The molecule has 0 bridgehead atoms. The van der Waals surface area contributed by atoms with E-state index in [4.69, 9.17) is 14.2 Å². The molecule has 2 aromatic carbocycles. The maximum atomic E-state index is 10.5. The number of rotatable bonds is 15. The molecule has 2 rings (SSSR count). The number of aliphatic hydroxyl groups excluding tert-OH is 2. The fraction of sp³-hybridized carbons (Fsp3) is 0.462. The van der Waals surface area contributed by atoms with E-state index in [0.717, 1.165) is 16.9 Å². The minimum atomic E-state index is -0.653. The fourth-order valence-corrected chi connectivity index (χ4v) is 3.31. The molecule has 0 spiro atoms. The molecule has 0 heterocycles. The first-order valence-corrected chi connectivity index (χ1v) is 10.8. The summed E-state index contributed by atoms with van der Waals surface area (Å²) in [5, 5.41) is 21.0. The Morgan fingerprint density at radius 2 is 1.61 bits per heavy atom. The summed E-state index contributed by atoms with van der Waals surface area (Å²) in [6, 6.07) is 17.7. The predicted octanol–water partition coefficient (Wildman–Crippen LogP) is 4.51. The summed E-state index contributed by atoms with van der Waals surface area (Å²) in [6.07, 6.45) is 1.75. The SMILES string of the molecule is C=CC[C@H](C[C@H](O)C[C@@H](O)[C@@H](C)COCc1ccc(OC)cc1)OCc1ccccc1. The van der Waals surface area contributed by atoms with Gasteiger partial charge >= 0.3 is 0 Å². The topological polar surface area (TPSA) is 68.2 Å². The minimum Gasteiger partial charge on any atom is -0.497 e. The van der Waals surface area contributed by atoms with Crippen molar-refractivity contribution in [2.75, 3.05) is 13.7 Å². The fourth-order valence-electron chi connectivity index (χ4n) is 3.31. The highest BCUT2D eigenvalue weighted by atomic mass is 16.5. The van der Waals surface area contributed by atoms with Gasteiger partial charge in [0, 0.05) is 5.92 Å². The Hall–Kier alpha value is -2.18. The second kappa shape index (κ2) is 14.0. The quantitative estimate of drug-likeness (QED) is 0.409. The summed E-state index contributed by atoms with van der Waals surface area (Å²) in [4.78, 5) is 0. The van der Waals surface area contributed by atoms with E-state index >= 15 is 0 Å². The van der Waals surface area contributed by atoms with Crippen molar-refractivity contribution in [3.63, 3.8) is 0 Å². The molecule has 0 amide bonds. The first kappa shape index (κ1) is 25.1. The van der Waals surface area contributed by atoms with Gasteiger partial charge in [-0.2, -0.15) is 0 Å². The van der Waals surface area contributed by atoms with Gasteiger partial charge in [-0.1, -0.05) is 55.5 Å². The largest absolute Gasteiger partial charge is 0.497 e. The molecule has 170 valence electrons. The molecule has 0 aliphatic rings. The molecule has 2 aromatic rings. The van der Waals surface area contributed by atoms with Gasteiger partial charge in [-0.05, 0) is 42.5 Å². The molecule has 0 aliphatic heterocycles. The van der Waals surface area contributed by atoms with Gasteiger partial charge < -0.3 is 24.4 Å². The summed E-state index contributed by atoms with van der Waals surface area (Å²) in [7, 11) is 1.64. The summed E-state index contributed by atoms with van der Waals surface area (Å²) >= 11 is 0. The molecule has 0 saturated heterocycles. The van der Waals surface area contributed by atoms with Crippen LogP contribution in [-0.4, -0.2) is 42.2 Å². The Kier molecular flexibility index (Phi) is 11.3. The van der Waals surface area contributed by atoms with E-state index in [1.807, 2.05) is 61.5 Å². The highest BCUT2D eigenvalue weighted by molar-refractivity contribution is 5.26. The smallest absolute Gasteiger partial charge is 0.118 e. The van der Waals surface area contributed by atoms with E-state index in [9.17, 15) is 10.2 Å². The third kappa shape index (κ3) is 9.66. The standard InChI is InChI=1S/C26H36O5/c1-4-8-25(31-19-21-9-6-5-7-10-21)15-23(27)16-26(28)20(2)17-30-18-22-11-13-24(29-3)14-12-22/h4-7,9-14,20,23,25-28H,1,8,15-19H2,2-3H3/t20-,23-,25+,26+/m0/s1.